The van der Waals surface area contributed by atoms with Crippen LogP contribution >= 0.6 is 11.3 Å². The van der Waals surface area contributed by atoms with E-state index in [2.05, 4.69) is 12.2 Å². The molecule has 1 aromatic carbocycles. The Morgan fingerprint density at radius 2 is 2.00 bits per heavy atom. The number of hydrogen-bond donors (Lipinski definition) is 1. The van der Waals surface area contributed by atoms with Gasteiger partial charge in [-0.05, 0) is 37.1 Å². The first kappa shape index (κ1) is 15.4. The zero-order valence-electron chi connectivity index (χ0n) is 12.6. The summed E-state index contributed by atoms with van der Waals surface area (Å²) in [5.74, 6) is 1.14. The van der Waals surface area contributed by atoms with E-state index in [9.17, 15) is 4.79 Å². The molecule has 0 aliphatic carbocycles. The van der Waals surface area contributed by atoms with Crippen molar-refractivity contribution in [3.63, 3.8) is 0 Å². The number of benzene rings is 1. The van der Waals surface area contributed by atoms with E-state index in [0.717, 1.165) is 6.42 Å². The van der Waals surface area contributed by atoms with E-state index in [1.54, 1.807) is 32.4 Å². The van der Waals surface area contributed by atoms with Crippen molar-refractivity contribution in [2.24, 2.45) is 0 Å². The highest BCUT2D eigenvalue weighted by atomic mass is 32.1. The van der Waals surface area contributed by atoms with Crippen LogP contribution in [0.2, 0.25) is 0 Å². The summed E-state index contributed by atoms with van der Waals surface area (Å²) in [6.07, 6.45) is 0.932. The second kappa shape index (κ2) is 6.63. The van der Waals surface area contributed by atoms with Gasteiger partial charge in [0.25, 0.3) is 5.91 Å². The monoisotopic (exact) mass is 305 g/mol. The van der Waals surface area contributed by atoms with Crippen molar-refractivity contribution in [2.75, 3.05) is 19.5 Å². The van der Waals surface area contributed by atoms with Gasteiger partial charge in [0.2, 0.25) is 0 Å². The maximum Gasteiger partial charge on any atom is 0.265 e. The van der Waals surface area contributed by atoms with Gasteiger partial charge in [0.1, 0.15) is 11.5 Å². The standard InChI is InChI=1S/C16H19NO3S/c1-5-11-8-15(21-10(11)2)16(18)17-13-7-6-12(19-3)9-14(13)20-4/h6-9H,5H2,1-4H3,(H,17,18). The zero-order chi connectivity index (χ0) is 15.4. The fraction of sp³-hybridized carbons (Fsp3) is 0.312. The third kappa shape index (κ3) is 3.36. The average Bonchev–Trinajstić information content (AvgIpc) is 2.88. The molecule has 1 N–H and O–H groups in total. The highest BCUT2D eigenvalue weighted by molar-refractivity contribution is 7.14. The Labute approximate surface area is 128 Å². The number of methoxy groups -OCH3 is 2. The molecule has 0 atom stereocenters. The van der Waals surface area contributed by atoms with Gasteiger partial charge in [0.05, 0.1) is 24.8 Å². The van der Waals surface area contributed by atoms with Crippen LogP contribution in [0.25, 0.3) is 0 Å². The molecular weight excluding hydrogens is 286 g/mol. The first-order chi connectivity index (χ1) is 10.1. The number of carbonyl (C=O) groups excluding carboxylic acids is 1. The van der Waals surface area contributed by atoms with E-state index >= 15 is 0 Å². The Morgan fingerprint density at radius 1 is 1.24 bits per heavy atom. The molecule has 21 heavy (non-hydrogen) atoms. The third-order valence-electron chi connectivity index (χ3n) is 3.28. The normalized spacial score (nSPS) is 10.3. The predicted molar refractivity (Wildman–Crippen MR) is 85.9 cm³/mol. The molecule has 0 saturated heterocycles. The van der Waals surface area contributed by atoms with Crippen molar-refractivity contribution in [3.05, 3.63) is 39.6 Å². The van der Waals surface area contributed by atoms with Crippen LogP contribution in [0, 0.1) is 6.92 Å². The summed E-state index contributed by atoms with van der Waals surface area (Å²) in [6, 6.07) is 7.25. The molecule has 0 saturated carbocycles. The van der Waals surface area contributed by atoms with Crippen molar-refractivity contribution in [3.8, 4) is 11.5 Å². The molecule has 0 radical (unpaired) electrons. The van der Waals surface area contributed by atoms with Gasteiger partial charge in [-0.2, -0.15) is 0 Å². The van der Waals surface area contributed by atoms with Crippen molar-refractivity contribution < 1.29 is 14.3 Å². The molecule has 0 aliphatic rings. The first-order valence-corrected chi connectivity index (χ1v) is 7.53. The highest BCUT2D eigenvalue weighted by Gasteiger charge is 2.14. The molecule has 2 aromatic rings. The molecule has 0 fully saturated rings. The lowest BCUT2D eigenvalue weighted by Crippen LogP contribution is -2.11. The smallest absolute Gasteiger partial charge is 0.265 e. The SMILES string of the molecule is CCc1cc(C(=O)Nc2ccc(OC)cc2OC)sc1C. The highest BCUT2D eigenvalue weighted by Crippen LogP contribution is 2.30. The van der Waals surface area contributed by atoms with Gasteiger partial charge >= 0.3 is 0 Å². The Balaban J connectivity index is 2.22. The average molecular weight is 305 g/mol. The fourth-order valence-electron chi connectivity index (χ4n) is 2.07. The van der Waals surface area contributed by atoms with Gasteiger partial charge in [0, 0.05) is 10.9 Å². The van der Waals surface area contributed by atoms with Crippen molar-refractivity contribution in [2.45, 2.75) is 20.3 Å². The number of carbonyl (C=O) groups is 1. The summed E-state index contributed by atoms with van der Waals surface area (Å²) in [6.45, 7) is 4.12. The van der Waals surface area contributed by atoms with Crippen LogP contribution < -0.4 is 14.8 Å². The molecule has 5 heteroatoms. The second-order valence-electron chi connectivity index (χ2n) is 4.57. The van der Waals surface area contributed by atoms with Crippen LogP contribution in [0.3, 0.4) is 0 Å². The van der Waals surface area contributed by atoms with Crippen LogP contribution in [0.5, 0.6) is 11.5 Å². The molecule has 1 heterocycles. The van der Waals surface area contributed by atoms with Gasteiger partial charge < -0.3 is 14.8 Å². The van der Waals surface area contributed by atoms with Crippen molar-refractivity contribution in [1.29, 1.82) is 0 Å². The lowest BCUT2D eigenvalue weighted by Gasteiger charge is -2.11. The van der Waals surface area contributed by atoms with Gasteiger partial charge in [0.15, 0.2) is 0 Å². The van der Waals surface area contributed by atoms with E-state index in [-0.39, 0.29) is 5.91 Å². The summed E-state index contributed by atoms with van der Waals surface area (Å²) >= 11 is 1.51. The Kier molecular flexibility index (Phi) is 4.85. The molecule has 0 bridgehead atoms. The molecule has 2 rings (SSSR count). The number of aryl methyl sites for hydroxylation is 2. The number of ether oxygens (including phenoxy) is 2. The topological polar surface area (TPSA) is 47.6 Å². The summed E-state index contributed by atoms with van der Waals surface area (Å²) < 4.78 is 10.4. The number of anilines is 1. The summed E-state index contributed by atoms with van der Waals surface area (Å²) in [5, 5.41) is 2.88. The lowest BCUT2D eigenvalue weighted by atomic mass is 10.2. The molecule has 112 valence electrons. The number of thiophene rings is 1. The third-order valence-corrected chi connectivity index (χ3v) is 4.37. The molecule has 0 unspecified atom stereocenters. The van der Waals surface area contributed by atoms with E-state index in [4.69, 9.17) is 9.47 Å². The number of amides is 1. The van der Waals surface area contributed by atoms with Crippen LogP contribution in [0.15, 0.2) is 24.3 Å². The minimum atomic E-state index is -0.119. The summed E-state index contributed by atoms with van der Waals surface area (Å²) in [7, 11) is 3.16. The van der Waals surface area contributed by atoms with Crippen LogP contribution in [-0.4, -0.2) is 20.1 Å². The Bertz CT molecular complexity index is 649. The summed E-state index contributed by atoms with van der Waals surface area (Å²) in [5.41, 5.74) is 1.85. The van der Waals surface area contributed by atoms with Crippen molar-refractivity contribution >= 4 is 22.9 Å². The van der Waals surface area contributed by atoms with Gasteiger partial charge in [-0.1, -0.05) is 6.92 Å². The fourth-order valence-corrected chi connectivity index (χ4v) is 3.08. The van der Waals surface area contributed by atoms with Gasteiger partial charge in [-0.15, -0.1) is 11.3 Å². The molecular formula is C16H19NO3S. The van der Waals surface area contributed by atoms with Crippen LogP contribution in [0.1, 0.15) is 27.0 Å². The Morgan fingerprint density at radius 3 is 2.57 bits per heavy atom. The second-order valence-corrected chi connectivity index (χ2v) is 5.82. The number of nitrogens with one attached hydrogen (secondary N) is 1. The summed E-state index contributed by atoms with van der Waals surface area (Å²) in [4.78, 5) is 14.2. The minimum Gasteiger partial charge on any atom is -0.497 e. The van der Waals surface area contributed by atoms with Gasteiger partial charge in [-0.25, -0.2) is 0 Å². The van der Waals surface area contributed by atoms with E-state index in [1.807, 2.05) is 13.0 Å². The quantitative estimate of drug-likeness (QED) is 0.911. The molecule has 0 spiro atoms. The maximum absolute atomic E-state index is 12.3. The molecule has 1 aromatic heterocycles. The van der Waals surface area contributed by atoms with Crippen molar-refractivity contribution in [1.82, 2.24) is 0 Å². The number of hydrogen-bond acceptors (Lipinski definition) is 4. The maximum atomic E-state index is 12.3. The van der Waals surface area contributed by atoms with E-state index < -0.39 is 0 Å². The van der Waals surface area contributed by atoms with E-state index in [0.29, 0.717) is 22.1 Å². The molecule has 0 aliphatic heterocycles. The largest absolute Gasteiger partial charge is 0.497 e. The zero-order valence-corrected chi connectivity index (χ0v) is 13.5. The number of rotatable bonds is 5. The predicted octanol–water partition coefficient (Wildman–Crippen LogP) is 3.89. The molecule has 4 nitrogen and oxygen atoms in total. The van der Waals surface area contributed by atoms with E-state index in [1.165, 1.54) is 21.8 Å². The van der Waals surface area contributed by atoms with Crippen LogP contribution in [0.4, 0.5) is 5.69 Å². The van der Waals surface area contributed by atoms with Gasteiger partial charge in [-0.3, -0.25) is 4.79 Å². The molecule has 1 amide bonds. The first-order valence-electron chi connectivity index (χ1n) is 6.71. The Hall–Kier alpha value is -2.01. The lowest BCUT2D eigenvalue weighted by molar-refractivity contribution is 0.103. The minimum absolute atomic E-state index is 0.119. The van der Waals surface area contributed by atoms with Crippen LogP contribution in [-0.2, 0) is 6.42 Å².